The second-order valence-corrected chi connectivity index (χ2v) is 8.01. The van der Waals surface area contributed by atoms with Crippen LogP contribution < -0.4 is 11.1 Å². The summed E-state index contributed by atoms with van der Waals surface area (Å²) in [6, 6.07) is 1.98. The average molecular weight is 440 g/mol. The molecule has 5 N–H and O–H groups in total. The van der Waals surface area contributed by atoms with E-state index in [0.29, 0.717) is 29.8 Å². The third-order valence-electron chi connectivity index (χ3n) is 4.77. The summed E-state index contributed by atoms with van der Waals surface area (Å²) in [6.45, 7) is 3.03. The Labute approximate surface area is 179 Å². The number of ether oxygens (including phenoxy) is 1. The van der Waals surface area contributed by atoms with Gasteiger partial charge in [0.1, 0.15) is 0 Å². The van der Waals surface area contributed by atoms with E-state index in [-0.39, 0.29) is 30.4 Å². The Hall–Kier alpha value is -2.73. The molecule has 12 heteroatoms. The number of nitrogens with two attached hydrogens (primary N) is 1. The quantitative estimate of drug-likeness (QED) is 0.448. The fraction of sp³-hybridized carbons (Fsp3) is 0.611. The molecule has 0 spiro atoms. The maximum atomic E-state index is 12.9. The summed E-state index contributed by atoms with van der Waals surface area (Å²) in [6.07, 6.45) is 4.93. The van der Waals surface area contributed by atoms with Crippen molar-refractivity contribution < 1.29 is 19.4 Å². The van der Waals surface area contributed by atoms with Gasteiger partial charge in [0.25, 0.3) is 6.47 Å². The van der Waals surface area contributed by atoms with E-state index < -0.39 is 0 Å². The Balaban J connectivity index is 0.00000101. The first-order chi connectivity index (χ1) is 14.5. The number of aromatic amines is 1. The average Bonchev–Trinajstić information content (AvgIpc) is 3.39. The van der Waals surface area contributed by atoms with Crippen LogP contribution in [-0.4, -0.2) is 68.6 Å². The predicted octanol–water partition coefficient (Wildman–Crippen LogP) is 1.58. The summed E-state index contributed by atoms with van der Waals surface area (Å²) >= 11 is 1.33. The number of hydrogen-bond donors (Lipinski definition) is 4. The van der Waals surface area contributed by atoms with Crippen molar-refractivity contribution in [2.45, 2.75) is 51.3 Å². The largest absolute Gasteiger partial charge is 0.483 e. The number of hydrogen-bond acceptors (Lipinski definition) is 9. The molecule has 0 radical (unpaired) electrons. The van der Waals surface area contributed by atoms with Gasteiger partial charge in [0.15, 0.2) is 0 Å². The summed E-state index contributed by atoms with van der Waals surface area (Å²) < 4.78 is 6.07. The lowest BCUT2D eigenvalue weighted by Gasteiger charge is -2.37. The molecule has 0 aromatic carbocycles. The maximum Gasteiger partial charge on any atom is 0.290 e. The van der Waals surface area contributed by atoms with Crippen molar-refractivity contribution >= 4 is 34.0 Å². The third kappa shape index (κ3) is 6.95. The summed E-state index contributed by atoms with van der Waals surface area (Å²) in [5.41, 5.74) is 6.59. The summed E-state index contributed by atoms with van der Waals surface area (Å²) in [5.74, 6) is 0.102. The van der Waals surface area contributed by atoms with Crippen molar-refractivity contribution in [1.29, 1.82) is 0 Å². The van der Waals surface area contributed by atoms with Crippen molar-refractivity contribution in [3.8, 4) is 0 Å². The van der Waals surface area contributed by atoms with Crippen molar-refractivity contribution in [3.05, 3.63) is 18.0 Å². The van der Waals surface area contributed by atoms with Crippen LogP contribution in [0.15, 0.2) is 12.3 Å². The first kappa shape index (κ1) is 23.5. The van der Waals surface area contributed by atoms with Gasteiger partial charge in [0, 0.05) is 25.8 Å². The minimum Gasteiger partial charge on any atom is -0.483 e. The molecule has 2 aromatic rings. The number of nitrogen functional groups attached to an aromatic ring is 1. The second-order valence-electron chi connectivity index (χ2n) is 7.00. The number of carbonyl (C=O) groups is 2. The Morgan fingerprint density at radius 1 is 1.50 bits per heavy atom. The van der Waals surface area contributed by atoms with Crippen LogP contribution in [0.25, 0.3) is 0 Å². The normalized spacial score (nSPS) is 20.7. The lowest BCUT2D eigenvalue weighted by molar-refractivity contribution is -0.138. The molecule has 1 saturated carbocycles. The molecule has 1 aliphatic carbocycles. The van der Waals surface area contributed by atoms with Gasteiger partial charge in [-0.05, 0) is 31.7 Å². The van der Waals surface area contributed by atoms with Crippen LogP contribution in [0.2, 0.25) is 0 Å². The third-order valence-corrected chi connectivity index (χ3v) is 5.45. The van der Waals surface area contributed by atoms with Gasteiger partial charge in [-0.3, -0.25) is 14.7 Å². The van der Waals surface area contributed by atoms with Crippen molar-refractivity contribution in [3.63, 3.8) is 0 Å². The number of H-pyrrole nitrogens is 1. The molecule has 0 bridgehead atoms. The molecule has 3 atom stereocenters. The molecule has 1 fully saturated rings. The van der Waals surface area contributed by atoms with Crippen LogP contribution in [-0.2, 0) is 20.9 Å². The molecule has 166 valence electrons. The number of carboxylic acid groups (broad SMARTS) is 1. The number of amides is 1. The molecule has 0 saturated heterocycles. The summed E-state index contributed by atoms with van der Waals surface area (Å²) in [4.78, 5) is 23.0. The van der Waals surface area contributed by atoms with E-state index in [1.807, 2.05) is 13.1 Å². The molecular formula is C18H29N7O4S. The van der Waals surface area contributed by atoms with Crippen molar-refractivity contribution in [1.82, 2.24) is 25.3 Å². The number of carbonyl (C=O) groups excluding carboxylic acids is 1. The van der Waals surface area contributed by atoms with Gasteiger partial charge in [-0.1, -0.05) is 18.3 Å². The Morgan fingerprint density at radius 2 is 2.27 bits per heavy atom. The van der Waals surface area contributed by atoms with Gasteiger partial charge in [-0.25, -0.2) is 0 Å². The fourth-order valence-corrected chi connectivity index (χ4v) is 4.01. The van der Waals surface area contributed by atoms with Gasteiger partial charge in [-0.2, -0.15) is 5.10 Å². The topological polar surface area (TPSA) is 159 Å². The van der Waals surface area contributed by atoms with E-state index >= 15 is 0 Å². The first-order valence-corrected chi connectivity index (χ1v) is 10.6. The fourth-order valence-electron chi connectivity index (χ4n) is 3.44. The highest BCUT2D eigenvalue weighted by Gasteiger charge is 2.36. The molecule has 3 rings (SSSR count). The lowest BCUT2D eigenvalue weighted by Crippen LogP contribution is -2.45. The molecule has 0 unspecified atom stereocenters. The highest BCUT2D eigenvalue weighted by Crippen LogP contribution is 2.31. The first-order valence-electron chi connectivity index (χ1n) is 9.76. The highest BCUT2D eigenvalue weighted by molar-refractivity contribution is 7.18. The van der Waals surface area contributed by atoms with E-state index in [1.54, 1.807) is 11.1 Å². The Kier molecular flexibility index (Phi) is 9.48. The van der Waals surface area contributed by atoms with Gasteiger partial charge >= 0.3 is 0 Å². The van der Waals surface area contributed by atoms with Crippen LogP contribution in [0.1, 0.15) is 38.3 Å². The predicted molar refractivity (Wildman–Crippen MR) is 113 cm³/mol. The zero-order valence-electron chi connectivity index (χ0n) is 17.2. The molecular weight excluding hydrogens is 410 g/mol. The standard InChI is InChI=1S/C17H27N7O2S.CH2O2/c1-3-8-26-14-9-11(15(25)24(2)10-12-6-7-19-21-12)4-5-13(14)20-17-23-22-16(18)27-17;2-1-3/h6-7,11,13-14H,3-5,8-10H2,1-2H3,(H2,18,22)(H,19,21)(H,20,23);1H,(H,2,3)/t11-,13+,14+;/m0./s1. The second kappa shape index (κ2) is 12.1. The number of anilines is 2. The van der Waals surface area contributed by atoms with Crippen LogP contribution in [0.4, 0.5) is 10.3 Å². The maximum absolute atomic E-state index is 12.9. The van der Waals surface area contributed by atoms with Crippen LogP contribution in [0, 0.1) is 5.92 Å². The van der Waals surface area contributed by atoms with Gasteiger partial charge in [0.2, 0.25) is 16.2 Å². The van der Waals surface area contributed by atoms with Gasteiger partial charge in [-0.15, -0.1) is 10.2 Å². The monoisotopic (exact) mass is 439 g/mol. The molecule has 30 heavy (non-hydrogen) atoms. The van der Waals surface area contributed by atoms with Gasteiger partial charge < -0.3 is 25.8 Å². The van der Waals surface area contributed by atoms with E-state index in [4.69, 9.17) is 20.4 Å². The molecule has 2 heterocycles. The zero-order chi connectivity index (χ0) is 21.9. The van der Waals surface area contributed by atoms with E-state index in [1.165, 1.54) is 11.3 Å². The SMILES string of the molecule is CCCO[C@@H]1C[C@@H](C(=O)N(C)Cc2ccn[nH]2)CC[C@H]1Nc1nnc(N)s1.O=CO. The van der Waals surface area contributed by atoms with Crippen LogP contribution in [0.5, 0.6) is 0 Å². The number of rotatable bonds is 8. The van der Waals surface area contributed by atoms with E-state index in [0.717, 1.165) is 25.0 Å². The Morgan fingerprint density at radius 3 is 2.87 bits per heavy atom. The Bertz CT molecular complexity index is 770. The minimum atomic E-state index is -0.250. The van der Waals surface area contributed by atoms with E-state index in [9.17, 15) is 4.79 Å². The summed E-state index contributed by atoms with van der Waals surface area (Å²) in [5, 5.41) is 26.1. The van der Waals surface area contributed by atoms with Crippen molar-refractivity contribution in [2.75, 3.05) is 24.7 Å². The lowest BCUT2D eigenvalue weighted by atomic mass is 9.83. The van der Waals surface area contributed by atoms with Crippen LogP contribution in [0.3, 0.4) is 0 Å². The molecule has 1 amide bonds. The highest BCUT2D eigenvalue weighted by atomic mass is 32.1. The van der Waals surface area contributed by atoms with Crippen molar-refractivity contribution in [2.24, 2.45) is 5.92 Å². The van der Waals surface area contributed by atoms with Crippen LogP contribution >= 0.6 is 11.3 Å². The molecule has 0 aliphatic heterocycles. The zero-order valence-corrected chi connectivity index (χ0v) is 18.0. The number of nitrogens with one attached hydrogen (secondary N) is 2. The minimum absolute atomic E-state index is 0.0432. The van der Waals surface area contributed by atoms with E-state index in [2.05, 4.69) is 32.6 Å². The molecule has 2 aromatic heterocycles. The smallest absolute Gasteiger partial charge is 0.290 e. The molecule has 1 aliphatic rings. The number of nitrogens with zero attached hydrogens (tertiary/aromatic N) is 4. The van der Waals surface area contributed by atoms with Gasteiger partial charge in [0.05, 0.1) is 24.4 Å². The number of aromatic nitrogens is 4. The molecule has 11 nitrogen and oxygen atoms in total. The summed E-state index contributed by atoms with van der Waals surface area (Å²) in [7, 11) is 1.83.